The molecular formula is C17H37N3O2. The number of ether oxygens (including phenoxy) is 1. The molecule has 1 amide bonds. The van der Waals surface area contributed by atoms with Crippen molar-refractivity contribution in [3.05, 3.63) is 0 Å². The van der Waals surface area contributed by atoms with Gasteiger partial charge in [0.05, 0.1) is 0 Å². The van der Waals surface area contributed by atoms with E-state index in [0.717, 1.165) is 45.4 Å². The molecule has 1 N–H and O–H groups in total. The lowest BCUT2D eigenvalue weighted by molar-refractivity contribution is 0.0500. The molecule has 1 heterocycles. The zero-order chi connectivity index (χ0) is 17.2. The normalized spacial score (nSPS) is 19.9. The van der Waals surface area contributed by atoms with Crippen LogP contribution < -0.4 is 5.32 Å². The zero-order valence-electron chi connectivity index (χ0n) is 15.7. The van der Waals surface area contributed by atoms with Crippen molar-refractivity contribution in [3.63, 3.8) is 0 Å². The van der Waals surface area contributed by atoms with Crippen LogP contribution in [-0.2, 0) is 4.74 Å². The topological polar surface area (TPSA) is 44.8 Å². The number of nitrogens with zero attached hydrogens (tertiary/aromatic N) is 2. The molecule has 1 saturated heterocycles. The smallest absolute Gasteiger partial charge is 0.407 e. The van der Waals surface area contributed by atoms with Gasteiger partial charge in [-0.1, -0.05) is 13.8 Å². The minimum Gasteiger partial charge on any atom is -0.444 e. The van der Waals surface area contributed by atoms with Crippen LogP contribution in [0.25, 0.3) is 0 Å². The molecule has 22 heavy (non-hydrogen) atoms. The maximum Gasteiger partial charge on any atom is 0.407 e. The van der Waals surface area contributed by atoms with Crippen molar-refractivity contribution in [3.8, 4) is 0 Å². The summed E-state index contributed by atoms with van der Waals surface area (Å²) in [6, 6.07) is 0.245. The molecule has 0 saturated carbocycles. The van der Waals surface area contributed by atoms with Gasteiger partial charge >= 0.3 is 6.09 Å². The fourth-order valence-corrected chi connectivity index (χ4v) is 2.34. The van der Waals surface area contributed by atoms with E-state index in [1.807, 2.05) is 34.6 Å². The molecular weight excluding hydrogens is 278 g/mol. The van der Waals surface area contributed by atoms with Gasteiger partial charge in [0.25, 0.3) is 0 Å². The Hall–Kier alpha value is -0.810. The minimum atomic E-state index is -0.424. The molecule has 5 nitrogen and oxygen atoms in total. The lowest BCUT2D eigenvalue weighted by atomic mass is 10.1. The molecule has 0 aromatic rings. The lowest BCUT2D eigenvalue weighted by Crippen LogP contribution is -2.39. The van der Waals surface area contributed by atoms with Gasteiger partial charge in [0, 0.05) is 25.7 Å². The summed E-state index contributed by atoms with van der Waals surface area (Å²) in [7, 11) is 4.20. The molecule has 5 heteroatoms. The molecule has 0 bridgehead atoms. The van der Waals surface area contributed by atoms with E-state index in [1.165, 1.54) is 0 Å². The van der Waals surface area contributed by atoms with Gasteiger partial charge in [-0.15, -0.1) is 0 Å². The molecule has 0 aromatic heterocycles. The third-order valence-corrected chi connectivity index (χ3v) is 3.41. The van der Waals surface area contributed by atoms with Crippen molar-refractivity contribution in [2.24, 2.45) is 0 Å². The van der Waals surface area contributed by atoms with Crippen molar-refractivity contribution in [2.75, 3.05) is 40.3 Å². The molecule has 1 unspecified atom stereocenters. The predicted octanol–water partition coefficient (Wildman–Crippen LogP) is 2.95. The van der Waals surface area contributed by atoms with Crippen LogP contribution in [0.2, 0.25) is 0 Å². The van der Waals surface area contributed by atoms with Gasteiger partial charge in [0.2, 0.25) is 0 Å². The minimum absolute atomic E-state index is 0.245. The highest BCUT2D eigenvalue weighted by Gasteiger charge is 2.22. The fraction of sp³-hybridized carbons (Fsp3) is 0.941. The number of alkyl carbamates (subject to hydrolysis) is 1. The van der Waals surface area contributed by atoms with Gasteiger partial charge in [-0.25, -0.2) is 4.79 Å². The average Bonchev–Trinajstić information content (AvgIpc) is 2.62. The fourth-order valence-electron chi connectivity index (χ4n) is 2.34. The summed E-state index contributed by atoms with van der Waals surface area (Å²) in [5, 5.41) is 3.00. The highest BCUT2D eigenvalue weighted by Crippen LogP contribution is 2.13. The number of nitrogens with one attached hydrogen (secondary N) is 1. The Kier molecular flexibility index (Phi) is 10.4. The molecule has 0 radical (unpaired) electrons. The molecule has 0 aliphatic carbocycles. The molecule has 1 rings (SSSR count). The van der Waals surface area contributed by atoms with E-state index in [9.17, 15) is 4.79 Å². The van der Waals surface area contributed by atoms with Crippen LogP contribution in [0, 0.1) is 0 Å². The van der Waals surface area contributed by atoms with Crippen molar-refractivity contribution >= 4 is 6.09 Å². The maximum atomic E-state index is 11.8. The van der Waals surface area contributed by atoms with Gasteiger partial charge < -0.3 is 19.9 Å². The summed E-state index contributed by atoms with van der Waals surface area (Å²) in [6.45, 7) is 14.0. The first-order valence-electron chi connectivity index (χ1n) is 8.63. The van der Waals surface area contributed by atoms with Crippen LogP contribution in [0.3, 0.4) is 0 Å². The van der Waals surface area contributed by atoms with Crippen LogP contribution in [0.5, 0.6) is 0 Å². The van der Waals surface area contributed by atoms with E-state index in [0.29, 0.717) is 0 Å². The largest absolute Gasteiger partial charge is 0.444 e. The first-order valence-corrected chi connectivity index (χ1v) is 8.63. The standard InChI is InChI=1S/C15H31N3O2.C2H6/c1-15(2,3)20-14(19)16-13-7-6-9-18(10-8-13)12-11-17(4)5;1-2/h13H,6-12H2,1-5H3,(H,16,19);1-2H3. The number of likely N-dealkylation sites (tertiary alicyclic amines) is 1. The van der Waals surface area contributed by atoms with E-state index >= 15 is 0 Å². The van der Waals surface area contributed by atoms with Crippen LogP contribution in [0.15, 0.2) is 0 Å². The number of carbonyl (C=O) groups is 1. The molecule has 1 aliphatic rings. The van der Waals surface area contributed by atoms with Crippen molar-refractivity contribution in [2.45, 2.75) is 65.5 Å². The molecule has 1 atom stereocenters. The van der Waals surface area contributed by atoms with Gasteiger partial charge in [0.15, 0.2) is 0 Å². The highest BCUT2D eigenvalue weighted by atomic mass is 16.6. The second-order valence-corrected chi connectivity index (χ2v) is 6.92. The number of likely N-dealkylation sites (N-methyl/N-ethyl adjacent to an activating group) is 1. The molecule has 1 fully saturated rings. The Balaban J connectivity index is 0.00000211. The third kappa shape index (κ3) is 10.9. The second-order valence-electron chi connectivity index (χ2n) is 6.92. The van der Waals surface area contributed by atoms with Crippen molar-refractivity contribution in [1.82, 2.24) is 15.1 Å². The maximum absolute atomic E-state index is 11.8. The predicted molar refractivity (Wildman–Crippen MR) is 93.4 cm³/mol. The number of hydrogen-bond donors (Lipinski definition) is 1. The highest BCUT2D eigenvalue weighted by molar-refractivity contribution is 5.68. The summed E-state index contributed by atoms with van der Waals surface area (Å²) < 4.78 is 5.32. The van der Waals surface area contributed by atoms with Crippen molar-refractivity contribution in [1.29, 1.82) is 0 Å². The molecule has 0 spiro atoms. The molecule has 1 aliphatic heterocycles. The Morgan fingerprint density at radius 2 is 1.86 bits per heavy atom. The van der Waals surface area contributed by atoms with Crippen LogP contribution in [0.4, 0.5) is 4.79 Å². The number of hydrogen-bond acceptors (Lipinski definition) is 4. The quantitative estimate of drug-likeness (QED) is 0.866. The monoisotopic (exact) mass is 315 g/mol. The van der Waals surface area contributed by atoms with E-state index in [2.05, 4.69) is 29.2 Å². The SMILES string of the molecule is CC.CN(C)CCN1CCCC(NC(=O)OC(C)(C)C)CC1. The first kappa shape index (κ1) is 21.2. The Morgan fingerprint density at radius 1 is 1.23 bits per heavy atom. The summed E-state index contributed by atoms with van der Waals surface area (Å²) in [6.07, 6.45) is 2.89. The summed E-state index contributed by atoms with van der Waals surface area (Å²) in [4.78, 5) is 16.5. The lowest BCUT2D eigenvalue weighted by Gasteiger charge is -2.23. The van der Waals surface area contributed by atoms with Crippen LogP contribution in [-0.4, -0.2) is 67.8 Å². The van der Waals surface area contributed by atoms with Gasteiger partial charge in [0.1, 0.15) is 5.60 Å². The van der Waals surface area contributed by atoms with E-state index in [4.69, 9.17) is 4.74 Å². The molecule has 0 aromatic carbocycles. The summed E-state index contributed by atoms with van der Waals surface area (Å²) in [5.41, 5.74) is -0.424. The number of amides is 1. The van der Waals surface area contributed by atoms with Crippen molar-refractivity contribution < 1.29 is 9.53 Å². The third-order valence-electron chi connectivity index (χ3n) is 3.41. The zero-order valence-corrected chi connectivity index (χ0v) is 15.7. The van der Waals surface area contributed by atoms with E-state index in [-0.39, 0.29) is 12.1 Å². The number of rotatable bonds is 4. The Morgan fingerprint density at radius 3 is 2.41 bits per heavy atom. The van der Waals surface area contributed by atoms with Gasteiger partial charge in [-0.3, -0.25) is 0 Å². The first-order chi connectivity index (χ1) is 10.3. The van der Waals surface area contributed by atoms with Gasteiger partial charge in [-0.2, -0.15) is 0 Å². The van der Waals surface area contributed by atoms with E-state index < -0.39 is 5.60 Å². The molecule has 132 valence electrons. The average molecular weight is 316 g/mol. The summed E-state index contributed by atoms with van der Waals surface area (Å²) >= 11 is 0. The second kappa shape index (κ2) is 10.8. The van der Waals surface area contributed by atoms with Gasteiger partial charge in [-0.05, 0) is 60.7 Å². The number of carbonyl (C=O) groups excluding carboxylic acids is 1. The Labute approximate surface area is 137 Å². The van der Waals surface area contributed by atoms with E-state index in [1.54, 1.807) is 0 Å². The van der Waals surface area contributed by atoms with Crippen LogP contribution in [0.1, 0.15) is 53.9 Å². The Bertz CT molecular complexity index is 301. The summed E-state index contributed by atoms with van der Waals surface area (Å²) in [5.74, 6) is 0. The van der Waals surface area contributed by atoms with Crippen LogP contribution >= 0.6 is 0 Å².